The van der Waals surface area contributed by atoms with Gasteiger partial charge in [0.1, 0.15) is 11.6 Å². The van der Waals surface area contributed by atoms with Crippen molar-refractivity contribution >= 4 is 43.0 Å². The summed E-state index contributed by atoms with van der Waals surface area (Å²) < 4.78 is 68.3. The minimum atomic E-state index is -4.22. The fraction of sp³-hybridized carbons (Fsp3) is 0.0526. The van der Waals surface area contributed by atoms with Crippen molar-refractivity contribution in [2.75, 3.05) is 9.44 Å². The number of rotatable bonds is 6. The van der Waals surface area contributed by atoms with Crippen LogP contribution in [0.5, 0.6) is 5.75 Å². The van der Waals surface area contributed by atoms with Crippen LogP contribution in [0.25, 0.3) is 0 Å². The first-order chi connectivity index (χ1) is 14.0. The van der Waals surface area contributed by atoms with Gasteiger partial charge in [0.25, 0.3) is 20.0 Å². The first-order valence-electron chi connectivity index (χ1n) is 8.38. The van der Waals surface area contributed by atoms with E-state index < -0.39 is 31.6 Å². The average Bonchev–Trinajstić information content (AvgIpc) is 2.62. The van der Waals surface area contributed by atoms with Crippen molar-refractivity contribution < 1.29 is 26.3 Å². The van der Waals surface area contributed by atoms with Crippen LogP contribution in [0.4, 0.5) is 15.8 Å². The zero-order valence-corrected chi connectivity index (χ0v) is 17.8. The predicted octanol–water partition coefficient (Wildman–Crippen LogP) is 4.09. The van der Waals surface area contributed by atoms with Crippen LogP contribution in [0.1, 0.15) is 5.56 Å². The SMILES string of the molecule is Cc1cc(F)ccc1S(=O)(=O)Nc1cc(S(=O)(=O)Nc2cccc(Cl)c2)ccc1O. The lowest BCUT2D eigenvalue weighted by atomic mass is 10.2. The van der Waals surface area contributed by atoms with Gasteiger partial charge < -0.3 is 5.11 Å². The quantitative estimate of drug-likeness (QED) is 0.469. The molecule has 7 nitrogen and oxygen atoms in total. The Morgan fingerprint density at radius 2 is 1.63 bits per heavy atom. The van der Waals surface area contributed by atoms with Gasteiger partial charge in [0.2, 0.25) is 0 Å². The second-order valence-electron chi connectivity index (χ2n) is 6.31. The van der Waals surface area contributed by atoms with Gasteiger partial charge in [0, 0.05) is 5.02 Å². The van der Waals surface area contributed by atoms with E-state index in [4.69, 9.17) is 11.6 Å². The predicted molar refractivity (Wildman–Crippen MR) is 112 cm³/mol. The summed E-state index contributed by atoms with van der Waals surface area (Å²) in [7, 11) is -8.33. The van der Waals surface area contributed by atoms with Gasteiger partial charge in [-0.05, 0) is 67.1 Å². The highest BCUT2D eigenvalue weighted by molar-refractivity contribution is 7.93. The highest BCUT2D eigenvalue weighted by atomic mass is 35.5. The van der Waals surface area contributed by atoms with Gasteiger partial charge in [-0.15, -0.1) is 0 Å². The Bertz CT molecular complexity index is 1330. The van der Waals surface area contributed by atoms with Crippen molar-refractivity contribution in [3.05, 3.63) is 77.1 Å². The van der Waals surface area contributed by atoms with Crippen LogP contribution in [-0.4, -0.2) is 21.9 Å². The van der Waals surface area contributed by atoms with Gasteiger partial charge in [-0.3, -0.25) is 9.44 Å². The van der Waals surface area contributed by atoms with Crippen molar-refractivity contribution in [2.24, 2.45) is 0 Å². The number of halogens is 2. The van der Waals surface area contributed by atoms with E-state index in [1.165, 1.54) is 19.1 Å². The normalized spacial score (nSPS) is 11.8. The summed E-state index contributed by atoms with van der Waals surface area (Å²) in [4.78, 5) is -0.512. The molecular weight excluding hydrogens is 455 g/mol. The van der Waals surface area contributed by atoms with Crippen LogP contribution in [0, 0.1) is 12.7 Å². The molecule has 0 saturated carbocycles. The maximum absolute atomic E-state index is 13.3. The van der Waals surface area contributed by atoms with Crippen LogP contribution in [0.3, 0.4) is 0 Å². The van der Waals surface area contributed by atoms with Crippen LogP contribution in [0.2, 0.25) is 5.02 Å². The van der Waals surface area contributed by atoms with E-state index in [1.807, 2.05) is 0 Å². The molecule has 0 spiro atoms. The van der Waals surface area contributed by atoms with Crippen LogP contribution >= 0.6 is 11.6 Å². The number of anilines is 2. The lowest BCUT2D eigenvalue weighted by Crippen LogP contribution is -2.16. The number of hydrogen-bond donors (Lipinski definition) is 3. The topological polar surface area (TPSA) is 113 Å². The monoisotopic (exact) mass is 470 g/mol. The van der Waals surface area contributed by atoms with Gasteiger partial charge in [0.15, 0.2) is 0 Å². The zero-order valence-electron chi connectivity index (χ0n) is 15.4. The summed E-state index contributed by atoms with van der Waals surface area (Å²) in [6, 6.07) is 12.3. The molecule has 0 aliphatic rings. The number of phenols is 1. The third kappa shape index (κ3) is 4.84. The van der Waals surface area contributed by atoms with Crippen LogP contribution in [-0.2, 0) is 20.0 Å². The number of hydrogen-bond acceptors (Lipinski definition) is 5. The number of nitrogens with one attached hydrogen (secondary N) is 2. The fourth-order valence-corrected chi connectivity index (χ4v) is 5.20. The zero-order chi connectivity index (χ0) is 22.1. The van der Waals surface area contributed by atoms with Crippen molar-refractivity contribution in [1.29, 1.82) is 0 Å². The molecule has 3 aromatic carbocycles. The summed E-state index contributed by atoms with van der Waals surface area (Å²) in [6.45, 7) is 1.41. The third-order valence-electron chi connectivity index (χ3n) is 4.03. The lowest BCUT2D eigenvalue weighted by Gasteiger charge is -2.14. The molecule has 0 aromatic heterocycles. The summed E-state index contributed by atoms with van der Waals surface area (Å²) in [5, 5.41) is 10.4. The largest absolute Gasteiger partial charge is 0.506 e. The van der Waals surface area contributed by atoms with E-state index in [1.54, 1.807) is 12.1 Å². The molecule has 158 valence electrons. The fourth-order valence-electron chi connectivity index (χ4n) is 2.64. The molecule has 0 heterocycles. The highest BCUT2D eigenvalue weighted by Crippen LogP contribution is 2.30. The molecule has 0 fully saturated rings. The van der Waals surface area contributed by atoms with Gasteiger partial charge >= 0.3 is 0 Å². The Kier molecular flexibility index (Phi) is 5.93. The number of aromatic hydroxyl groups is 1. The van der Waals surface area contributed by atoms with Gasteiger partial charge in [-0.25, -0.2) is 21.2 Å². The molecule has 0 atom stereocenters. The number of benzene rings is 3. The van der Waals surface area contributed by atoms with E-state index in [9.17, 15) is 26.3 Å². The molecule has 11 heteroatoms. The highest BCUT2D eigenvalue weighted by Gasteiger charge is 2.22. The van der Waals surface area contributed by atoms with Crippen molar-refractivity contribution in [3.8, 4) is 5.75 Å². The Balaban J connectivity index is 1.95. The van der Waals surface area contributed by atoms with E-state index in [0.717, 1.165) is 36.4 Å². The molecule has 30 heavy (non-hydrogen) atoms. The van der Waals surface area contributed by atoms with Gasteiger partial charge in [0.05, 0.1) is 21.2 Å². The van der Waals surface area contributed by atoms with Gasteiger partial charge in [-0.1, -0.05) is 17.7 Å². The first-order valence-corrected chi connectivity index (χ1v) is 11.7. The number of phenolic OH excluding ortho intramolecular Hbond substituents is 1. The maximum atomic E-state index is 13.3. The minimum absolute atomic E-state index is 0.147. The molecule has 0 aliphatic carbocycles. The molecule has 3 aromatic rings. The van der Waals surface area contributed by atoms with Crippen LogP contribution in [0.15, 0.2) is 70.5 Å². The molecule has 3 rings (SSSR count). The van der Waals surface area contributed by atoms with E-state index in [2.05, 4.69) is 9.44 Å². The first kappa shape index (κ1) is 21.9. The second-order valence-corrected chi connectivity index (χ2v) is 10.1. The summed E-state index contributed by atoms with van der Waals surface area (Å²) >= 11 is 5.85. The molecule has 3 N–H and O–H groups in total. The molecule has 0 saturated heterocycles. The lowest BCUT2D eigenvalue weighted by molar-refractivity contribution is 0.477. The second kappa shape index (κ2) is 8.13. The van der Waals surface area contributed by atoms with Gasteiger partial charge in [-0.2, -0.15) is 0 Å². The standard InChI is InChI=1S/C19H16ClFN2O5S2/c1-12-9-14(21)5-8-19(12)30(27,28)23-17-11-16(6-7-18(17)24)29(25,26)22-15-4-2-3-13(20)10-15/h2-11,22-24H,1H3. The van der Waals surface area contributed by atoms with E-state index >= 15 is 0 Å². The summed E-state index contributed by atoms with van der Waals surface area (Å²) in [6.07, 6.45) is 0. The van der Waals surface area contributed by atoms with Crippen molar-refractivity contribution in [1.82, 2.24) is 0 Å². The summed E-state index contributed by atoms with van der Waals surface area (Å²) in [5.41, 5.74) is 0.000672. The van der Waals surface area contributed by atoms with Crippen LogP contribution < -0.4 is 9.44 Å². The molecular formula is C19H16ClFN2O5S2. The Morgan fingerprint density at radius 3 is 2.30 bits per heavy atom. The summed E-state index contributed by atoms with van der Waals surface area (Å²) in [5.74, 6) is -1.09. The Labute approximate surface area is 178 Å². The smallest absolute Gasteiger partial charge is 0.262 e. The van der Waals surface area contributed by atoms with E-state index in [-0.39, 0.29) is 26.7 Å². The molecule has 0 aliphatic heterocycles. The average molecular weight is 471 g/mol. The number of aryl methyl sites for hydroxylation is 1. The van der Waals surface area contributed by atoms with Crippen molar-refractivity contribution in [3.63, 3.8) is 0 Å². The Morgan fingerprint density at radius 1 is 0.900 bits per heavy atom. The number of sulfonamides is 2. The van der Waals surface area contributed by atoms with Crippen molar-refractivity contribution in [2.45, 2.75) is 16.7 Å². The molecule has 0 amide bonds. The maximum Gasteiger partial charge on any atom is 0.262 e. The molecule has 0 radical (unpaired) electrons. The van der Waals surface area contributed by atoms with E-state index in [0.29, 0.717) is 5.02 Å². The third-order valence-corrected chi connectivity index (χ3v) is 7.17. The molecule has 0 bridgehead atoms. The minimum Gasteiger partial charge on any atom is -0.506 e. The Hall–Kier alpha value is -2.82. The molecule has 0 unspecified atom stereocenters.